The molecule has 0 saturated carbocycles. The summed E-state index contributed by atoms with van der Waals surface area (Å²) in [5.74, 6) is 0. The van der Waals surface area contributed by atoms with Crippen LogP contribution in [0.15, 0.2) is 24.5 Å². The van der Waals surface area contributed by atoms with Crippen molar-refractivity contribution in [3.8, 4) is 0 Å². The lowest BCUT2D eigenvalue weighted by Crippen LogP contribution is -2.17. The summed E-state index contributed by atoms with van der Waals surface area (Å²) < 4.78 is 2.09. The Morgan fingerprint density at radius 3 is 3.00 bits per heavy atom. The normalized spacial score (nSPS) is 13.4. The van der Waals surface area contributed by atoms with Crippen LogP contribution >= 0.6 is 0 Å². The third-order valence-corrected chi connectivity index (χ3v) is 2.31. The van der Waals surface area contributed by atoms with Crippen LogP contribution in [0.5, 0.6) is 0 Å². The van der Waals surface area contributed by atoms with Crippen LogP contribution in [0.1, 0.15) is 18.2 Å². The Kier molecular flexibility index (Phi) is 2.25. The van der Waals surface area contributed by atoms with Crippen LogP contribution in [-0.4, -0.2) is 15.4 Å². The molecule has 3 nitrogen and oxygen atoms in total. The maximum atomic E-state index is 5.76. The Hall–Kier alpha value is -1.35. The summed E-state index contributed by atoms with van der Waals surface area (Å²) in [5, 5.41) is 0. The van der Waals surface area contributed by atoms with Crippen LogP contribution in [0.4, 0.5) is 0 Å². The first-order valence-electron chi connectivity index (χ1n) is 4.85. The van der Waals surface area contributed by atoms with E-state index in [1.54, 1.807) is 0 Å². The lowest BCUT2D eigenvalue weighted by atomic mass is 10.1. The number of nitrogens with zero attached hydrogens (tertiary/aromatic N) is 2. The van der Waals surface area contributed by atoms with Crippen LogP contribution in [0.25, 0.3) is 5.65 Å². The van der Waals surface area contributed by atoms with E-state index in [1.807, 2.05) is 19.2 Å². The molecule has 0 bridgehead atoms. The van der Waals surface area contributed by atoms with Crippen molar-refractivity contribution < 1.29 is 0 Å². The van der Waals surface area contributed by atoms with Gasteiger partial charge in [-0.15, -0.1) is 0 Å². The van der Waals surface area contributed by atoms with E-state index in [-0.39, 0.29) is 6.04 Å². The minimum Gasteiger partial charge on any atom is -0.328 e. The van der Waals surface area contributed by atoms with Crippen molar-refractivity contribution in [3.63, 3.8) is 0 Å². The first-order chi connectivity index (χ1) is 6.66. The number of pyridine rings is 1. The third kappa shape index (κ3) is 1.63. The molecule has 0 amide bonds. The standard InChI is InChI=1S/C11H15N3/c1-8(12)5-10-3-4-11-13-6-9(2)14(11)7-10/h3-4,6-8H,5,12H2,1-2H3. The number of imidazole rings is 1. The second-order valence-electron chi connectivity index (χ2n) is 3.85. The van der Waals surface area contributed by atoms with Gasteiger partial charge in [0.15, 0.2) is 0 Å². The smallest absolute Gasteiger partial charge is 0.136 e. The molecule has 2 rings (SSSR count). The van der Waals surface area contributed by atoms with E-state index in [1.165, 1.54) is 5.56 Å². The number of fused-ring (bicyclic) bond motifs is 1. The number of nitrogens with two attached hydrogens (primary N) is 1. The summed E-state index contributed by atoms with van der Waals surface area (Å²) in [4.78, 5) is 4.27. The van der Waals surface area contributed by atoms with Crippen molar-refractivity contribution in [1.82, 2.24) is 9.38 Å². The van der Waals surface area contributed by atoms with Gasteiger partial charge in [0.25, 0.3) is 0 Å². The van der Waals surface area contributed by atoms with E-state index < -0.39 is 0 Å². The van der Waals surface area contributed by atoms with Crippen LogP contribution in [-0.2, 0) is 6.42 Å². The number of hydrogen-bond acceptors (Lipinski definition) is 2. The molecule has 0 spiro atoms. The molecule has 2 aromatic rings. The molecule has 2 N–H and O–H groups in total. The maximum absolute atomic E-state index is 5.76. The lowest BCUT2D eigenvalue weighted by Gasteiger charge is -2.06. The first kappa shape index (κ1) is 9.21. The van der Waals surface area contributed by atoms with Gasteiger partial charge in [0.2, 0.25) is 0 Å². The van der Waals surface area contributed by atoms with Crippen molar-refractivity contribution in [1.29, 1.82) is 0 Å². The van der Waals surface area contributed by atoms with Gasteiger partial charge in [0.1, 0.15) is 5.65 Å². The van der Waals surface area contributed by atoms with E-state index in [4.69, 9.17) is 5.73 Å². The number of aromatic nitrogens is 2. The third-order valence-electron chi connectivity index (χ3n) is 2.31. The highest BCUT2D eigenvalue weighted by atomic mass is 15.0. The van der Waals surface area contributed by atoms with Crippen molar-refractivity contribution >= 4 is 5.65 Å². The summed E-state index contributed by atoms with van der Waals surface area (Å²) in [6.07, 6.45) is 4.90. The minimum absolute atomic E-state index is 0.205. The number of rotatable bonds is 2. The first-order valence-corrected chi connectivity index (χ1v) is 4.85. The van der Waals surface area contributed by atoms with E-state index in [0.29, 0.717) is 0 Å². The van der Waals surface area contributed by atoms with Crippen molar-refractivity contribution in [2.75, 3.05) is 0 Å². The molecule has 1 unspecified atom stereocenters. The zero-order valence-corrected chi connectivity index (χ0v) is 8.57. The average Bonchev–Trinajstić information content (AvgIpc) is 2.47. The fourth-order valence-corrected chi connectivity index (χ4v) is 1.64. The Bertz CT molecular complexity index is 443. The molecule has 74 valence electrons. The fourth-order valence-electron chi connectivity index (χ4n) is 1.64. The second kappa shape index (κ2) is 3.42. The van der Waals surface area contributed by atoms with Crippen LogP contribution in [0.2, 0.25) is 0 Å². The van der Waals surface area contributed by atoms with Crippen molar-refractivity contribution in [2.24, 2.45) is 5.73 Å². The predicted octanol–water partition coefficient (Wildman–Crippen LogP) is 1.53. The number of hydrogen-bond donors (Lipinski definition) is 1. The molecule has 2 aromatic heterocycles. The van der Waals surface area contributed by atoms with Crippen LogP contribution in [0.3, 0.4) is 0 Å². The zero-order chi connectivity index (χ0) is 10.1. The molecule has 0 aliphatic heterocycles. The molecule has 0 aliphatic rings. The minimum atomic E-state index is 0.205. The Balaban J connectivity index is 2.44. The second-order valence-corrected chi connectivity index (χ2v) is 3.85. The Morgan fingerprint density at radius 1 is 1.50 bits per heavy atom. The Labute approximate surface area is 83.6 Å². The molecule has 0 aromatic carbocycles. The molecule has 0 saturated heterocycles. The van der Waals surface area contributed by atoms with Gasteiger partial charge in [0.05, 0.1) is 0 Å². The van der Waals surface area contributed by atoms with Gasteiger partial charge in [-0.25, -0.2) is 4.98 Å². The molecule has 1 atom stereocenters. The lowest BCUT2D eigenvalue weighted by molar-refractivity contribution is 0.734. The van der Waals surface area contributed by atoms with Gasteiger partial charge in [0, 0.05) is 24.1 Å². The summed E-state index contributed by atoms with van der Waals surface area (Å²) in [6, 6.07) is 4.33. The SMILES string of the molecule is Cc1cnc2ccc(CC(C)N)cn12. The molecular formula is C11H15N3. The molecule has 0 aliphatic carbocycles. The number of aryl methyl sites for hydroxylation is 1. The van der Waals surface area contributed by atoms with Gasteiger partial charge in [-0.1, -0.05) is 6.07 Å². The van der Waals surface area contributed by atoms with Crippen LogP contribution in [0, 0.1) is 6.92 Å². The zero-order valence-electron chi connectivity index (χ0n) is 8.57. The highest BCUT2D eigenvalue weighted by Crippen LogP contribution is 2.09. The van der Waals surface area contributed by atoms with Gasteiger partial charge in [-0.2, -0.15) is 0 Å². The summed E-state index contributed by atoms with van der Waals surface area (Å²) in [5.41, 5.74) is 9.17. The van der Waals surface area contributed by atoms with Crippen molar-refractivity contribution in [3.05, 3.63) is 35.8 Å². The predicted molar refractivity (Wildman–Crippen MR) is 57.3 cm³/mol. The van der Waals surface area contributed by atoms with Gasteiger partial charge in [-0.3, -0.25) is 0 Å². The molecule has 0 radical (unpaired) electrons. The fraction of sp³-hybridized carbons (Fsp3) is 0.364. The van der Waals surface area contributed by atoms with Gasteiger partial charge >= 0.3 is 0 Å². The maximum Gasteiger partial charge on any atom is 0.136 e. The Morgan fingerprint density at radius 2 is 2.29 bits per heavy atom. The molecule has 14 heavy (non-hydrogen) atoms. The van der Waals surface area contributed by atoms with Gasteiger partial charge in [-0.05, 0) is 31.9 Å². The van der Waals surface area contributed by atoms with Crippen LogP contribution < -0.4 is 5.73 Å². The summed E-state index contributed by atoms with van der Waals surface area (Å²) in [7, 11) is 0. The highest BCUT2D eigenvalue weighted by Gasteiger charge is 2.01. The quantitative estimate of drug-likeness (QED) is 0.778. The summed E-state index contributed by atoms with van der Waals surface area (Å²) >= 11 is 0. The highest BCUT2D eigenvalue weighted by molar-refractivity contribution is 5.41. The van der Waals surface area contributed by atoms with E-state index in [0.717, 1.165) is 17.8 Å². The van der Waals surface area contributed by atoms with Crippen molar-refractivity contribution in [2.45, 2.75) is 26.3 Å². The monoisotopic (exact) mass is 189 g/mol. The molecule has 3 heteroatoms. The van der Waals surface area contributed by atoms with E-state index in [2.05, 4.69) is 28.6 Å². The average molecular weight is 189 g/mol. The largest absolute Gasteiger partial charge is 0.328 e. The molecule has 2 heterocycles. The van der Waals surface area contributed by atoms with E-state index >= 15 is 0 Å². The molecular weight excluding hydrogens is 174 g/mol. The summed E-state index contributed by atoms with van der Waals surface area (Å²) in [6.45, 7) is 4.07. The van der Waals surface area contributed by atoms with E-state index in [9.17, 15) is 0 Å². The molecule has 0 fully saturated rings. The van der Waals surface area contributed by atoms with Gasteiger partial charge < -0.3 is 10.1 Å². The topological polar surface area (TPSA) is 43.3 Å².